The van der Waals surface area contributed by atoms with Crippen molar-refractivity contribution in [2.24, 2.45) is 11.8 Å². The summed E-state index contributed by atoms with van der Waals surface area (Å²) in [7, 11) is 0.445. The van der Waals surface area contributed by atoms with Crippen molar-refractivity contribution in [3.63, 3.8) is 0 Å². The van der Waals surface area contributed by atoms with E-state index in [1.165, 1.54) is 0 Å². The van der Waals surface area contributed by atoms with Crippen LogP contribution in [0.1, 0.15) is 26.7 Å². The smallest absolute Gasteiger partial charge is 0.0180 e. The molecule has 0 N–H and O–H groups in total. The molecule has 1 heteroatoms. The van der Waals surface area contributed by atoms with E-state index in [-0.39, 0.29) is 0 Å². The van der Waals surface area contributed by atoms with Crippen LogP contribution in [0, 0.1) is 11.8 Å². The highest BCUT2D eigenvalue weighted by atomic mass is 31.1. The molecule has 0 saturated carbocycles. The maximum absolute atomic E-state index is 2.53. The van der Waals surface area contributed by atoms with Crippen molar-refractivity contribution in [1.29, 1.82) is 0 Å². The van der Waals surface area contributed by atoms with E-state index in [2.05, 4.69) is 20.5 Å². The second-order valence-corrected chi connectivity index (χ2v) is 6.88. The summed E-state index contributed by atoms with van der Waals surface area (Å²) >= 11 is 0. The minimum atomic E-state index is 0.445. The Labute approximate surface area is 65.1 Å². The van der Waals surface area contributed by atoms with Crippen molar-refractivity contribution in [2.45, 2.75) is 38.0 Å². The Morgan fingerprint density at radius 3 is 1.60 bits per heavy atom. The van der Waals surface area contributed by atoms with Gasteiger partial charge in [-0.25, -0.2) is 0 Å². The van der Waals surface area contributed by atoms with Crippen LogP contribution in [0.4, 0.5) is 0 Å². The van der Waals surface area contributed by atoms with Crippen LogP contribution in [0.5, 0.6) is 0 Å². The molecule has 0 aromatic carbocycles. The van der Waals surface area contributed by atoms with Crippen molar-refractivity contribution in [2.75, 3.05) is 6.66 Å². The Morgan fingerprint density at radius 2 is 1.40 bits per heavy atom. The maximum Gasteiger partial charge on any atom is -0.0180 e. The van der Waals surface area contributed by atoms with Gasteiger partial charge in [-0.05, 0) is 42.7 Å². The Bertz CT molecular complexity index is 128. The summed E-state index contributed by atoms with van der Waals surface area (Å²) in [6.07, 6.45) is 3.10. The molecule has 2 unspecified atom stereocenters. The molecule has 2 saturated heterocycles. The van der Waals surface area contributed by atoms with Gasteiger partial charge in [-0.15, -0.1) is 7.92 Å². The summed E-state index contributed by atoms with van der Waals surface area (Å²) in [6.45, 7) is 7.43. The van der Waals surface area contributed by atoms with Gasteiger partial charge in [0.05, 0.1) is 0 Å². The lowest BCUT2D eigenvalue weighted by Crippen LogP contribution is -2.18. The van der Waals surface area contributed by atoms with E-state index in [0.29, 0.717) is 7.92 Å². The van der Waals surface area contributed by atoms with E-state index in [0.717, 1.165) is 23.2 Å². The highest BCUT2D eigenvalue weighted by Crippen LogP contribution is 2.65. The van der Waals surface area contributed by atoms with E-state index in [1.54, 1.807) is 12.8 Å². The third-order valence-corrected chi connectivity index (χ3v) is 7.12. The van der Waals surface area contributed by atoms with Crippen LogP contribution in [0.3, 0.4) is 0 Å². The van der Waals surface area contributed by atoms with Crippen molar-refractivity contribution >= 4 is 7.92 Å². The summed E-state index contributed by atoms with van der Waals surface area (Å²) in [4.78, 5) is 0. The Balaban J connectivity index is 2.17. The molecule has 0 aliphatic carbocycles. The first kappa shape index (κ1) is 7.10. The molecule has 58 valence electrons. The van der Waals surface area contributed by atoms with Crippen molar-refractivity contribution in [1.82, 2.24) is 0 Å². The molecule has 0 radical (unpaired) electrons. The maximum atomic E-state index is 2.53. The molecule has 0 amide bonds. The average molecular weight is 156 g/mol. The number of rotatable bonds is 0. The largest absolute Gasteiger partial charge is 0.103 e. The zero-order valence-electron chi connectivity index (χ0n) is 7.17. The SMILES string of the molecule is C[C@@H]1CC2[C@H](C)CC1P2C. The van der Waals surface area contributed by atoms with Crippen LogP contribution in [-0.4, -0.2) is 18.0 Å². The van der Waals surface area contributed by atoms with Gasteiger partial charge in [0.15, 0.2) is 0 Å². The molecule has 0 spiro atoms. The van der Waals surface area contributed by atoms with Gasteiger partial charge < -0.3 is 0 Å². The Hall–Kier alpha value is 0.430. The second-order valence-electron chi connectivity index (χ2n) is 4.23. The van der Waals surface area contributed by atoms with E-state index in [9.17, 15) is 0 Å². The number of hydrogen-bond donors (Lipinski definition) is 0. The van der Waals surface area contributed by atoms with Crippen LogP contribution >= 0.6 is 7.92 Å². The van der Waals surface area contributed by atoms with Gasteiger partial charge in [-0.1, -0.05) is 13.8 Å². The van der Waals surface area contributed by atoms with Crippen LogP contribution in [0.25, 0.3) is 0 Å². The van der Waals surface area contributed by atoms with E-state index in [4.69, 9.17) is 0 Å². The van der Waals surface area contributed by atoms with Crippen molar-refractivity contribution < 1.29 is 0 Å². The fraction of sp³-hybridized carbons (Fsp3) is 1.00. The lowest BCUT2D eigenvalue weighted by molar-refractivity contribution is 0.365. The normalized spacial score (nSPS) is 59.7. The standard InChI is InChI=1S/C9H17P/c1-6-4-9-7(2)5-8(6)10(9)3/h6-9H,4-5H2,1-3H3/t6-,7-,8?,9?,10?/m1/s1. The molecule has 2 rings (SSSR count). The predicted octanol–water partition coefficient (Wildman–Crippen LogP) is 2.91. The fourth-order valence-corrected chi connectivity index (χ4v) is 6.59. The van der Waals surface area contributed by atoms with Gasteiger partial charge in [0.2, 0.25) is 0 Å². The summed E-state index contributed by atoms with van der Waals surface area (Å²) in [6, 6.07) is 0. The molecular weight excluding hydrogens is 139 g/mol. The molecule has 2 aliphatic heterocycles. The first-order valence-electron chi connectivity index (χ1n) is 4.42. The molecule has 4 atom stereocenters. The van der Waals surface area contributed by atoms with Crippen LogP contribution < -0.4 is 0 Å². The summed E-state index contributed by atoms with van der Waals surface area (Å²) in [5.74, 6) is 2.13. The minimum absolute atomic E-state index is 0.445. The molecule has 0 aromatic rings. The zero-order chi connectivity index (χ0) is 7.30. The average Bonchev–Trinajstić information content (AvgIpc) is 2.26. The van der Waals surface area contributed by atoms with Crippen LogP contribution in [0.2, 0.25) is 0 Å². The molecule has 2 aliphatic rings. The highest BCUT2D eigenvalue weighted by molar-refractivity contribution is 7.59. The number of fused-ring (bicyclic) bond motifs is 2. The first-order chi connectivity index (χ1) is 4.70. The lowest BCUT2D eigenvalue weighted by atomic mass is 9.84. The molecule has 2 bridgehead atoms. The quantitative estimate of drug-likeness (QED) is 0.473. The summed E-state index contributed by atoms with van der Waals surface area (Å²) in [5.41, 5.74) is 2.30. The molecule has 0 aromatic heterocycles. The molecule has 2 heterocycles. The van der Waals surface area contributed by atoms with Gasteiger partial charge in [0.1, 0.15) is 0 Å². The van der Waals surface area contributed by atoms with E-state index < -0.39 is 0 Å². The van der Waals surface area contributed by atoms with E-state index >= 15 is 0 Å². The Kier molecular flexibility index (Phi) is 1.57. The zero-order valence-corrected chi connectivity index (χ0v) is 8.07. The monoisotopic (exact) mass is 156 g/mol. The lowest BCUT2D eigenvalue weighted by Gasteiger charge is -2.20. The fourth-order valence-electron chi connectivity index (χ4n) is 2.92. The van der Waals surface area contributed by atoms with Gasteiger partial charge in [0.25, 0.3) is 0 Å². The third-order valence-electron chi connectivity index (χ3n) is 3.59. The number of hydrogen-bond acceptors (Lipinski definition) is 0. The predicted molar refractivity (Wildman–Crippen MR) is 48.0 cm³/mol. The highest BCUT2D eigenvalue weighted by Gasteiger charge is 2.46. The minimum Gasteiger partial charge on any atom is -0.103 e. The van der Waals surface area contributed by atoms with Gasteiger partial charge in [-0.2, -0.15) is 0 Å². The molecule has 10 heavy (non-hydrogen) atoms. The van der Waals surface area contributed by atoms with E-state index in [1.807, 2.05) is 0 Å². The van der Waals surface area contributed by atoms with Gasteiger partial charge in [-0.3, -0.25) is 0 Å². The molecular formula is C9H17P. The second kappa shape index (κ2) is 2.21. The topological polar surface area (TPSA) is 0 Å². The van der Waals surface area contributed by atoms with Crippen molar-refractivity contribution in [3.05, 3.63) is 0 Å². The first-order valence-corrected chi connectivity index (χ1v) is 6.35. The Morgan fingerprint density at radius 1 is 1.00 bits per heavy atom. The molecule has 0 nitrogen and oxygen atoms in total. The summed E-state index contributed by atoms with van der Waals surface area (Å²) in [5, 5.41) is 0. The van der Waals surface area contributed by atoms with Crippen LogP contribution in [-0.2, 0) is 0 Å². The van der Waals surface area contributed by atoms with Gasteiger partial charge in [0, 0.05) is 0 Å². The van der Waals surface area contributed by atoms with Crippen LogP contribution in [0.15, 0.2) is 0 Å². The molecule has 2 fully saturated rings. The third kappa shape index (κ3) is 0.780. The summed E-state index contributed by atoms with van der Waals surface area (Å²) < 4.78 is 0. The van der Waals surface area contributed by atoms with Crippen molar-refractivity contribution in [3.8, 4) is 0 Å². The van der Waals surface area contributed by atoms with Gasteiger partial charge >= 0.3 is 0 Å².